The van der Waals surface area contributed by atoms with E-state index >= 15 is 0 Å². The number of rotatable bonds is 5. The van der Waals surface area contributed by atoms with E-state index in [0.717, 1.165) is 32.0 Å². The maximum absolute atomic E-state index is 12.0. The van der Waals surface area contributed by atoms with Crippen molar-refractivity contribution < 1.29 is 4.79 Å². The first-order valence-electron chi connectivity index (χ1n) is 7.60. The molecule has 1 fully saturated rings. The van der Waals surface area contributed by atoms with E-state index in [2.05, 4.69) is 41.8 Å². The number of amides is 1. The van der Waals surface area contributed by atoms with Crippen molar-refractivity contribution in [3.8, 4) is 0 Å². The molecule has 0 aliphatic carbocycles. The molecule has 1 aliphatic heterocycles. The van der Waals surface area contributed by atoms with Crippen molar-refractivity contribution in [2.45, 2.75) is 19.5 Å². The maximum atomic E-state index is 12.0. The largest absolute Gasteiger partial charge is 0.337 e. The van der Waals surface area contributed by atoms with E-state index in [0.29, 0.717) is 17.7 Å². The number of aryl methyl sites for hydroxylation is 1. The van der Waals surface area contributed by atoms with Gasteiger partial charge in [0, 0.05) is 45.1 Å². The van der Waals surface area contributed by atoms with Gasteiger partial charge in [-0.05, 0) is 6.92 Å². The second-order valence-electron chi connectivity index (χ2n) is 5.80. The molecular weight excluding hydrogens is 314 g/mol. The average molecular weight is 335 g/mol. The lowest BCUT2D eigenvalue weighted by Crippen LogP contribution is -2.53. The van der Waals surface area contributed by atoms with Crippen molar-refractivity contribution in [3.05, 3.63) is 23.7 Å². The van der Waals surface area contributed by atoms with Gasteiger partial charge in [0.2, 0.25) is 11.0 Å². The predicted molar refractivity (Wildman–Crippen MR) is 88.1 cm³/mol. The Morgan fingerprint density at radius 2 is 2.35 bits per heavy atom. The van der Waals surface area contributed by atoms with Crippen molar-refractivity contribution in [3.63, 3.8) is 0 Å². The first-order chi connectivity index (χ1) is 11.1. The zero-order valence-electron chi connectivity index (χ0n) is 13.3. The number of nitrogens with one attached hydrogen (secondary N) is 1. The molecule has 0 unspecified atom stereocenters. The molecule has 1 saturated heterocycles. The Hall–Kier alpha value is -1.84. The fourth-order valence-electron chi connectivity index (χ4n) is 2.77. The molecule has 1 atom stereocenters. The number of hydrogen-bond donors (Lipinski definition) is 1. The van der Waals surface area contributed by atoms with Gasteiger partial charge < -0.3 is 4.57 Å². The molecule has 0 radical (unpaired) electrons. The van der Waals surface area contributed by atoms with Gasteiger partial charge in [0.25, 0.3) is 0 Å². The van der Waals surface area contributed by atoms with Crippen LogP contribution in [0.5, 0.6) is 0 Å². The van der Waals surface area contributed by atoms with Gasteiger partial charge in [-0.15, -0.1) is 10.2 Å². The van der Waals surface area contributed by atoms with Gasteiger partial charge in [-0.25, -0.2) is 4.98 Å². The summed E-state index contributed by atoms with van der Waals surface area (Å²) in [6.07, 6.45) is 3.79. The summed E-state index contributed by atoms with van der Waals surface area (Å²) in [5.41, 5.74) is 1.61. The number of hydrogen-bond acceptors (Lipinski definition) is 7. The summed E-state index contributed by atoms with van der Waals surface area (Å²) in [4.78, 5) is 21.0. The highest BCUT2D eigenvalue weighted by atomic mass is 32.1. The number of aromatic nitrogens is 4. The lowest BCUT2D eigenvalue weighted by atomic mass is 10.2. The van der Waals surface area contributed by atoms with Crippen LogP contribution in [0.15, 0.2) is 17.9 Å². The molecule has 3 rings (SSSR count). The molecule has 1 amide bonds. The Bertz CT molecular complexity index is 641. The summed E-state index contributed by atoms with van der Waals surface area (Å²) in [6.45, 7) is 6.10. The van der Waals surface area contributed by atoms with E-state index in [1.807, 2.05) is 19.4 Å². The molecule has 8 nitrogen and oxygen atoms in total. The van der Waals surface area contributed by atoms with Crippen LogP contribution >= 0.6 is 11.3 Å². The molecule has 124 valence electrons. The van der Waals surface area contributed by atoms with E-state index in [9.17, 15) is 4.79 Å². The predicted octanol–water partition coefficient (Wildman–Crippen LogP) is 0.416. The van der Waals surface area contributed by atoms with Crippen LogP contribution in [0.3, 0.4) is 0 Å². The minimum Gasteiger partial charge on any atom is -0.337 e. The average Bonchev–Trinajstić information content (AvgIpc) is 3.14. The summed E-state index contributed by atoms with van der Waals surface area (Å²) in [5.74, 6) is 1.03. The fourth-order valence-corrected chi connectivity index (χ4v) is 3.23. The van der Waals surface area contributed by atoms with Crippen LogP contribution in [-0.2, 0) is 18.4 Å². The lowest BCUT2D eigenvalue weighted by Gasteiger charge is -2.39. The maximum Gasteiger partial charge on any atom is 0.240 e. The second-order valence-corrected chi connectivity index (χ2v) is 6.63. The molecule has 3 heterocycles. The Morgan fingerprint density at radius 3 is 3.00 bits per heavy atom. The SMILES string of the molecule is C[C@H]1CN(CC(=O)Nc2nncs2)CCN1Cc1nccn1C. The topological polar surface area (TPSA) is 79.2 Å². The Balaban J connectivity index is 1.48. The quantitative estimate of drug-likeness (QED) is 0.853. The molecule has 2 aromatic rings. The number of imidazole rings is 1. The van der Waals surface area contributed by atoms with E-state index in [1.54, 1.807) is 5.51 Å². The summed E-state index contributed by atoms with van der Waals surface area (Å²) in [7, 11) is 2.01. The molecule has 2 aromatic heterocycles. The standard InChI is InChI=1S/C14H21N7OS/c1-11-7-20(9-13(22)17-14-18-16-10-23-14)5-6-21(11)8-12-15-3-4-19(12)2/h3-4,10-11H,5-9H2,1-2H3,(H,17,18,22)/t11-/m0/s1. The fraction of sp³-hybridized carbons (Fsp3) is 0.571. The van der Waals surface area contributed by atoms with E-state index < -0.39 is 0 Å². The number of anilines is 1. The van der Waals surface area contributed by atoms with Crippen LogP contribution in [0.25, 0.3) is 0 Å². The smallest absolute Gasteiger partial charge is 0.240 e. The molecule has 9 heteroatoms. The highest BCUT2D eigenvalue weighted by Crippen LogP contribution is 2.13. The second kappa shape index (κ2) is 7.16. The van der Waals surface area contributed by atoms with Crippen molar-refractivity contribution in [2.75, 3.05) is 31.5 Å². The van der Waals surface area contributed by atoms with Crippen molar-refractivity contribution in [2.24, 2.45) is 7.05 Å². The summed E-state index contributed by atoms with van der Waals surface area (Å²) in [6, 6.07) is 0.384. The van der Waals surface area contributed by atoms with E-state index in [1.165, 1.54) is 11.3 Å². The summed E-state index contributed by atoms with van der Waals surface area (Å²) in [5, 5.41) is 10.9. The summed E-state index contributed by atoms with van der Waals surface area (Å²) < 4.78 is 2.05. The molecular formula is C14H21N7OS. The number of piperazine rings is 1. The van der Waals surface area contributed by atoms with Gasteiger partial charge in [0.05, 0.1) is 13.1 Å². The number of carbonyl (C=O) groups excluding carboxylic acids is 1. The molecule has 0 bridgehead atoms. The molecule has 23 heavy (non-hydrogen) atoms. The zero-order valence-corrected chi connectivity index (χ0v) is 14.2. The first kappa shape index (κ1) is 16.0. The van der Waals surface area contributed by atoms with Gasteiger partial charge in [-0.2, -0.15) is 0 Å². The Morgan fingerprint density at radius 1 is 1.48 bits per heavy atom. The third-order valence-electron chi connectivity index (χ3n) is 4.09. The van der Waals surface area contributed by atoms with Gasteiger partial charge in [-0.3, -0.25) is 19.9 Å². The third kappa shape index (κ3) is 4.12. The van der Waals surface area contributed by atoms with Crippen LogP contribution in [0.1, 0.15) is 12.7 Å². The van der Waals surface area contributed by atoms with Crippen LogP contribution in [-0.4, -0.2) is 67.7 Å². The Labute approximate surface area is 139 Å². The van der Waals surface area contributed by atoms with E-state index in [4.69, 9.17) is 0 Å². The van der Waals surface area contributed by atoms with Crippen LogP contribution < -0.4 is 5.32 Å². The summed E-state index contributed by atoms with van der Waals surface area (Å²) >= 11 is 1.33. The molecule has 0 saturated carbocycles. The van der Waals surface area contributed by atoms with Crippen molar-refractivity contribution in [1.82, 2.24) is 29.5 Å². The normalized spacial score (nSPS) is 19.8. The van der Waals surface area contributed by atoms with Crippen molar-refractivity contribution in [1.29, 1.82) is 0 Å². The minimum atomic E-state index is -0.0356. The Kier molecular flexibility index (Phi) is 4.99. The van der Waals surface area contributed by atoms with Gasteiger partial charge in [-0.1, -0.05) is 11.3 Å². The minimum absolute atomic E-state index is 0.0356. The van der Waals surface area contributed by atoms with Gasteiger partial charge in [0.1, 0.15) is 11.3 Å². The molecule has 1 N–H and O–H groups in total. The number of nitrogens with zero attached hydrogens (tertiary/aromatic N) is 6. The van der Waals surface area contributed by atoms with Gasteiger partial charge >= 0.3 is 0 Å². The van der Waals surface area contributed by atoms with Crippen LogP contribution in [0.4, 0.5) is 5.13 Å². The zero-order chi connectivity index (χ0) is 16.2. The van der Waals surface area contributed by atoms with Crippen molar-refractivity contribution >= 4 is 22.4 Å². The van der Waals surface area contributed by atoms with Gasteiger partial charge in [0.15, 0.2) is 0 Å². The first-order valence-corrected chi connectivity index (χ1v) is 8.48. The van der Waals surface area contributed by atoms with E-state index in [-0.39, 0.29) is 5.91 Å². The highest BCUT2D eigenvalue weighted by molar-refractivity contribution is 7.13. The third-order valence-corrected chi connectivity index (χ3v) is 4.69. The lowest BCUT2D eigenvalue weighted by molar-refractivity contribution is -0.118. The molecule has 0 spiro atoms. The molecule has 1 aliphatic rings. The van der Waals surface area contributed by atoms with Crippen LogP contribution in [0.2, 0.25) is 0 Å². The molecule has 0 aromatic carbocycles. The number of carbonyl (C=O) groups is 1. The highest BCUT2D eigenvalue weighted by Gasteiger charge is 2.25. The van der Waals surface area contributed by atoms with Crippen LogP contribution in [0, 0.1) is 0 Å². The monoisotopic (exact) mass is 335 g/mol.